The second-order valence-electron chi connectivity index (χ2n) is 6.29. The molecule has 20 heavy (non-hydrogen) atoms. The van der Waals surface area contributed by atoms with Crippen molar-refractivity contribution < 1.29 is 9.59 Å². The third-order valence-corrected chi connectivity index (χ3v) is 3.58. The first-order chi connectivity index (χ1) is 9.25. The minimum Gasteiger partial charge on any atom is -0.342 e. The minimum absolute atomic E-state index is 0.0948. The summed E-state index contributed by atoms with van der Waals surface area (Å²) >= 11 is 0. The number of carbonyl (C=O) groups is 2. The van der Waals surface area contributed by atoms with Crippen molar-refractivity contribution in [2.75, 3.05) is 4.90 Å². The predicted molar refractivity (Wildman–Crippen MR) is 76.2 cm³/mol. The zero-order valence-electron chi connectivity index (χ0n) is 12.7. The zero-order chi connectivity index (χ0) is 15.1. The summed E-state index contributed by atoms with van der Waals surface area (Å²) in [6.45, 7) is 7.72. The lowest BCUT2D eigenvalue weighted by molar-refractivity contribution is -0.136. The molecule has 6 nitrogen and oxygen atoms in total. The van der Waals surface area contributed by atoms with Gasteiger partial charge in [-0.2, -0.15) is 5.10 Å². The highest BCUT2D eigenvalue weighted by Crippen LogP contribution is 2.28. The maximum atomic E-state index is 12.8. The summed E-state index contributed by atoms with van der Waals surface area (Å²) < 4.78 is 1.63. The molecule has 2 atom stereocenters. The first-order valence-electron chi connectivity index (χ1n) is 6.88. The fourth-order valence-corrected chi connectivity index (χ4v) is 2.47. The van der Waals surface area contributed by atoms with Crippen LogP contribution in [0.4, 0.5) is 5.82 Å². The van der Waals surface area contributed by atoms with Crippen LogP contribution in [0, 0.1) is 5.41 Å². The molecular formula is C14H22N4O2. The fraction of sp³-hybridized carbons (Fsp3) is 0.643. The van der Waals surface area contributed by atoms with E-state index in [1.165, 1.54) is 4.90 Å². The van der Waals surface area contributed by atoms with Gasteiger partial charge >= 0.3 is 0 Å². The number of nitrogens with zero attached hydrogens (tertiary/aromatic N) is 3. The van der Waals surface area contributed by atoms with Crippen LogP contribution in [0.1, 0.15) is 34.1 Å². The molecule has 6 heteroatoms. The number of amides is 2. The quantitative estimate of drug-likeness (QED) is 0.880. The third kappa shape index (κ3) is 2.42. The van der Waals surface area contributed by atoms with E-state index >= 15 is 0 Å². The van der Waals surface area contributed by atoms with Gasteiger partial charge in [-0.15, -0.1) is 0 Å². The summed E-state index contributed by atoms with van der Waals surface area (Å²) in [7, 11) is 1.79. The average molecular weight is 278 g/mol. The molecule has 0 bridgehead atoms. The Balaban J connectivity index is 2.43. The first-order valence-corrected chi connectivity index (χ1v) is 6.88. The van der Waals surface area contributed by atoms with Crippen molar-refractivity contribution in [2.24, 2.45) is 12.5 Å². The molecule has 1 aromatic heterocycles. The summed E-state index contributed by atoms with van der Waals surface area (Å²) in [5.41, 5.74) is -0.335. The van der Waals surface area contributed by atoms with Gasteiger partial charge in [0.05, 0.1) is 0 Å². The smallest absolute Gasteiger partial charge is 0.252 e. The van der Waals surface area contributed by atoms with E-state index in [0.29, 0.717) is 12.2 Å². The summed E-state index contributed by atoms with van der Waals surface area (Å²) in [5.74, 6) is 0.328. The van der Waals surface area contributed by atoms with E-state index in [2.05, 4.69) is 10.4 Å². The summed E-state index contributed by atoms with van der Waals surface area (Å²) in [5, 5.41) is 7.12. The number of hydrogen-bond acceptors (Lipinski definition) is 3. The highest BCUT2D eigenvalue weighted by Gasteiger charge is 2.45. The molecule has 1 fully saturated rings. The highest BCUT2D eigenvalue weighted by molar-refractivity contribution is 6.08. The lowest BCUT2D eigenvalue weighted by Crippen LogP contribution is -2.66. The summed E-state index contributed by atoms with van der Waals surface area (Å²) in [6, 6.07) is 0.745. The molecule has 1 aliphatic heterocycles. The Morgan fingerprint density at radius 2 is 2.00 bits per heavy atom. The van der Waals surface area contributed by atoms with Crippen LogP contribution in [0.15, 0.2) is 12.3 Å². The minimum atomic E-state index is -0.528. The van der Waals surface area contributed by atoms with E-state index in [0.717, 1.165) is 0 Å². The zero-order valence-corrected chi connectivity index (χ0v) is 12.7. The van der Waals surface area contributed by atoms with Crippen molar-refractivity contribution in [3.05, 3.63) is 12.3 Å². The van der Waals surface area contributed by atoms with E-state index in [1.807, 2.05) is 27.7 Å². The SMILES string of the molecule is CCC1C(=O)NC(C(C)(C)C)C(=O)N1c1ccn(C)n1. The van der Waals surface area contributed by atoms with Crippen LogP contribution < -0.4 is 10.2 Å². The average Bonchev–Trinajstić information content (AvgIpc) is 2.76. The number of piperazine rings is 1. The molecule has 1 saturated heterocycles. The molecule has 0 spiro atoms. The van der Waals surface area contributed by atoms with Gasteiger partial charge in [0.2, 0.25) is 5.91 Å². The number of nitrogens with one attached hydrogen (secondary N) is 1. The van der Waals surface area contributed by atoms with Gasteiger partial charge in [-0.3, -0.25) is 19.2 Å². The molecule has 2 rings (SSSR count). The summed E-state index contributed by atoms with van der Waals surface area (Å²) in [6.07, 6.45) is 2.33. The van der Waals surface area contributed by atoms with Crippen LogP contribution >= 0.6 is 0 Å². The van der Waals surface area contributed by atoms with Gasteiger partial charge in [-0.05, 0) is 11.8 Å². The number of aryl methyl sites for hydroxylation is 1. The van der Waals surface area contributed by atoms with Gasteiger partial charge in [-0.25, -0.2) is 0 Å². The Morgan fingerprint density at radius 3 is 2.45 bits per heavy atom. The molecule has 0 saturated carbocycles. The molecule has 2 heterocycles. The second-order valence-corrected chi connectivity index (χ2v) is 6.29. The maximum absolute atomic E-state index is 12.8. The van der Waals surface area contributed by atoms with E-state index < -0.39 is 12.1 Å². The number of hydrogen-bond donors (Lipinski definition) is 1. The van der Waals surface area contributed by atoms with Crippen LogP contribution in [0.25, 0.3) is 0 Å². The topological polar surface area (TPSA) is 67.2 Å². The Bertz CT molecular complexity index is 530. The van der Waals surface area contributed by atoms with Crippen molar-refractivity contribution >= 4 is 17.6 Å². The molecule has 2 amide bonds. The van der Waals surface area contributed by atoms with Gasteiger partial charge in [-0.1, -0.05) is 27.7 Å². The second kappa shape index (κ2) is 4.92. The first kappa shape index (κ1) is 14.6. The van der Waals surface area contributed by atoms with Crippen molar-refractivity contribution in [1.82, 2.24) is 15.1 Å². The van der Waals surface area contributed by atoms with Crippen LogP contribution in [0.5, 0.6) is 0 Å². The molecule has 110 valence electrons. The lowest BCUT2D eigenvalue weighted by Gasteiger charge is -2.42. The maximum Gasteiger partial charge on any atom is 0.252 e. The predicted octanol–water partition coefficient (Wildman–Crippen LogP) is 1.08. The van der Waals surface area contributed by atoms with Gasteiger partial charge in [0.15, 0.2) is 5.82 Å². The fourth-order valence-electron chi connectivity index (χ4n) is 2.47. The van der Waals surface area contributed by atoms with Gasteiger partial charge < -0.3 is 5.32 Å². The van der Waals surface area contributed by atoms with E-state index in [1.54, 1.807) is 24.0 Å². The van der Waals surface area contributed by atoms with Crippen LogP contribution in [-0.2, 0) is 16.6 Å². The largest absolute Gasteiger partial charge is 0.342 e. The number of carbonyl (C=O) groups excluding carboxylic acids is 2. The Morgan fingerprint density at radius 1 is 1.35 bits per heavy atom. The molecule has 0 radical (unpaired) electrons. The molecule has 0 aliphatic carbocycles. The molecule has 1 aliphatic rings. The highest BCUT2D eigenvalue weighted by atomic mass is 16.2. The standard InChI is InChI=1S/C14H22N4O2/c1-6-9-12(19)15-11(14(2,3)4)13(20)18(9)10-7-8-17(5)16-10/h7-9,11H,6H2,1-5H3,(H,15,19). The molecular weight excluding hydrogens is 256 g/mol. The van der Waals surface area contributed by atoms with E-state index in [4.69, 9.17) is 0 Å². The van der Waals surface area contributed by atoms with Crippen molar-refractivity contribution in [3.63, 3.8) is 0 Å². The number of aromatic nitrogens is 2. The van der Waals surface area contributed by atoms with Crippen molar-refractivity contribution in [2.45, 2.75) is 46.2 Å². The monoisotopic (exact) mass is 278 g/mol. The number of rotatable bonds is 2. The lowest BCUT2D eigenvalue weighted by atomic mass is 9.83. The van der Waals surface area contributed by atoms with Crippen LogP contribution in [0.2, 0.25) is 0 Å². The Labute approximate surface area is 119 Å². The van der Waals surface area contributed by atoms with Crippen molar-refractivity contribution in [3.8, 4) is 0 Å². The van der Waals surface area contributed by atoms with Gasteiger partial charge in [0.25, 0.3) is 5.91 Å². The van der Waals surface area contributed by atoms with Crippen LogP contribution in [0.3, 0.4) is 0 Å². The molecule has 1 aromatic rings. The van der Waals surface area contributed by atoms with Crippen LogP contribution in [-0.4, -0.2) is 33.7 Å². The van der Waals surface area contributed by atoms with Crippen molar-refractivity contribution in [1.29, 1.82) is 0 Å². The normalized spacial score (nSPS) is 23.9. The molecule has 2 unspecified atom stereocenters. The van der Waals surface area contributed by atoms with Gasteiger partial charge in [0.1, 0.15) is 12.1 Å². The van der Waals surface area contributed by atoms with Gasteiger partial charge in [0, 0.05) is 19.3 Å². The third-order valence-electron chi connectivity index (χ3n) is 3.58. The number of anilines is 1. The van der Waals surface area contributed by atoms with E-state index in [-0.39, 0.29) is 17.2 Å². The Hall–Kier alpha value is -1.85. The molecule has 0 aromatic carbocycles. The van der Waals surface area contributed by atoms with E-state index in [9.17, 15) is 9.59 Å². The summed E-state index contributed by atoms with van der Waals surface area (Å²) in [4.78, 5) is 26.6. The Kier molecular flexibility index (Phi) is 3.58. The molecule has 1 N–H and O–H groups in total.